The highest BCUT2D eigenvalue weighted by atomic mass is 16.2. The van der Waals surface area contributed by atoms with Crippen LogP contribution in [0.25, 0.3) is 11.1 Å². The van der Waals surface area contributed by atoms with Crippen LogP contribution >= 0.6 is 0 Å². The second-order valence-electron chi connectivity index (χ2n) is 8.33. The number of likely N-dealkylation sites (N-methyl/N-ethyl adjacent to an activating group) is 1. The molecule has 0 saturated carbocycles. The van der Waals surface area contributed by atoms with E-state index in [9.17, 15) is 14.4 Å². The van der Waals surface area contributed by atoms with Crippen LogP contribution in [0.4, 0.5) is 5.69 Å². The molecule has 1 fully saturated rings. The van der Waals surface area contributed by atoms with Crippen molar-refractivity contribution in [1.29, 1.82) is 0 Å². The lowest BCUT2D eigenvalue weighted by Gasteiger charge is -2.37. The minimum Gasteiger partial charge on any atom is -0.352 e. The molecule has 1 saturated heterocycles. The van der Waals surface area contributed by atoms with Gasteiger partial charge in [-0.15, -0.1) is 0 Å². The Morgan fingerprint density at radius 3 is 2.74 bits per heavy atom. The Morgan fingerprint density at radius 2 is 1.97 bits per heavy atom. The highest BCUT2D eigenvalue weighted by Crippen LogP contribution is 2.33. The number of hydrogen-bond acceptors (Lipinski definition) is 4. The number of carbonyl (C=O) groups excluding carboxylic acids is 3. The number of benzene rings is 2. The summed E-state index contributed by atoms with van der Waals surface area (Å²) in [7, 11) is 1.71. The number of nitrogens with one attached hydrogen (secondary N) is 3. The molecule has 2 aromatic rings. The van der Waals surface area contributed by atoms with E-state index in [0.29, 0.717) is 30.6 Å². The number of piperidine rings is 1. The number of fused-ring (bicyclic) bond motifs is 2. The first-order valence-electron chi connectivity index (χ1n) is 10.7. The average Bonchev–Trinajstić information content (AvgIpc) is 2.85. The Balaban J connectivity index is 1.62. The predicted octanol–water partition coefficient (Wildman–Crippen LogP) is 2.23. The second kappa shape index (κ2) is 8.51. The molecule has 0 radical (unpaired) electrons. The molecule has 3 N–H and O–H groups in total. The van der Waals surface area contributed by atoms with Crippen molar-refractivity contribution >= 4 is 23.4 Å². The normalized spacial score (nSPS) is 20.4. The fourth-order valence-electron chi connectivity index (χ4n) is 4.46. The largest absolute Gasteiger partial charge is 0.352 e. The third-order valence-electron chi connectivity index (χ3n) is 6.29. The van der Waals surface area contributed by atoms with E-state index in [1.807, 2.05) is 30.3 Å². The van der Waals surface area contributed by atoms with E-state index < -0.39 is 6.04 Å². The van der Waals surface area contributed by atoms with Crippen molar-refractivity contribution in [3.05, 3.63) is 53.1 Å². The standard InChI is InChI=1S/C24H28N4O3/c1-14-5-4-6-18(15(14)2)16-7-8-20-19(11-16)24(31)28-10-9-17(26-22(29)13-25-3)12-21(28)23(30)27-20/h4-8,11,17,21,25H,9-10,12-13H2,1-3H3,(H,26,29)(H,27,30). The number of amides is 3. The van der Waals surface area contributed by atoms with Crippen LogP contribution in [-0.4, -0.2) is 54.8 Å². The van der Waals surface area contributed by atoms with Crippen molar-refractivity contribution in [3.63, 3.8) is 0 Å². The summed E-state index contributed by atoms with van der Waals surface area (Å²) < 4.78 is 0. The van der Waals surface area contributed by atoms with Crippen LogP contribution in [0.15, 0.2) is 36.4 Å². The summed E-state index contributed by atoms with van der Waals surface area (Å²) in [6, 6.07) is 11.0. The van der Waals surface area contributed by atoms with Crippen molar-refractivity contribution in [2.45, 2.75) is 38.8 Å². The molecule has 7 nitrogen and oxygen atoms in total. The molecule has 0 aliphatic carbocycles. The van der Waals surface area contributed by atoms with Gasteiger partial charge in [0, 0.05) is 12.6 Å². The molecule has 4 rings (SSSR count). The van der Waals surface area contributed by atoms with Gasteiger partial charge in [-0.05, 0) is 68.1 Å². The molecule has 2 heterocycles. The van der Waals surface area contributed by atoms with Crippen molar-refractivity contribution in [1.82, 2.24) is 15.5 Å². The minimum absolute atomic E-state index is 0.109. The SMILES string of the molecule is CNCC(=O)NC1CCN2C(=O)c3cc(-c4cccc(C)c4C)ccc3NC(=O)C2C1. The molecule has 0 aromatic heterocycles. The molecule has 2 aliphatic rings. The van der Waals surface area contributed by atoms with Gasteiger partial charge in [0.25, 0.3) is 5.91 Å². The van der Waals surface area contributed by atoms with Gasteiger partial charge in [-0.25, -0.2) is 0 Å². The summed E-state index contributed by atoms with van der Waals surface area (Å²) in [5.41, 5.74) is 5.43. The van der Waals surface area contributed by atoms with Crippen molar-refractivity contribution in [2.75, 3.05) is 25.5 Å². The topological polar surface area (TPSA) is 90.5 Å². The fraction of sp³-hybridized carbons (Fsp3) is 0.375. The number of nitrogens with zero attached hydrogens (tertiary/aromatic N) is 1. The van der Waals surface area contributed by atoms with Gasteiger partial charge < -0.3 is 20.9 Å². The fourth-order valence-corrected chi connectivity index (χ4v) is 4.46. The monoisotopic (exact) mass is 420 g/mol. The van der Waals surface area contributed by atoms with Crippen molar-refractivity contribution < 1.29 is 14.4 Å². The van der Waals surface area contributed by atoms with Crippen molar-refractivity contribution in [2.24, 2.45) is 0 Å². The van der Waals surface area contributed by atoms with Gasteiger partial charge in [0.1, 0.15) is 6.04 Å². The van der Waals surface area contributed by atoms with E-state index in [1.54, 1.807) is 11.9 Å². The zero-order valence-electron chi connectivity index (χ0n) is 18.1. The maximum Gasteiger partial charge on any atom is 0.256 e. The molecule has 0 spiro atoms. The van der Waals surface area contributed by atoms with E-state index in [1.165, 1.54) is 11.1 Å². The first kappa shape index (κ1) is 21.1. The summed E-state index contributed by atoms with van der Waals surface area (Å²) >= 11 is 0. The van der Waals surface area contributed by atoms with Gasteiger partial charge in [0.05, 0.1) is 17.8 Å². The van der Waals surface area contributed by atoms with Crippen molar-refractivity contribution in [3.8, 4) is 11.1 Å². The van der Waals surface area contributed by atoms with Crippen LogP contribution in [-0.2, 0) is 9.59 Å². The number of aryl methyl sites for hydroxylation is 1. The Bertz CT molecular complexity index is 1050. The van der Waals surface area contributed by atoms with Gasteiger partial charge in [0.15, 0.2) is 0 Å². The van der Waals surface area contributed by atoms with E-state index in [4.69, 9.17) is 0 Å². The number of anilines is 1. The maximum absolute atomic E-state index is 13.4. The second-order valence-corrected chi connectivity index (χ2v) is 8.33. The summed E-state index contributed by atoms with van der Waals surface area (Å²) in [5.74, 6) is -0.465. The number of rotatable bonds is 4. The highest BCUT2D eigenvalue weighted by molar-refractivity contribution is 6.10. The first-order chi connectivity index (χ1) is 14.9. The lowest BCUT2D eigenvalue weighted by Crippen LogP contribution is -2.55. The molecule has 7 heteroatoms. The Kier molecular flexibility index (Phi) is 5.78. The zero-order chi connectivity index (χ0) is 22.1. The van der Waals surface area contributed by atoms with Gasteiger partial charge >= 0.3 is 0 Å². The molecule has 162 valence electrons. The lowest BCUT2D eigenvalue weighted by atomic mass is 9.94. The van der Waals surface area contributed by atoms with E-state index in [-0.39, 0.29) is 30.3 Å². The zero-order valence-corrected chi connectivity index (χ0v) is 18.1. The van der Waals surface area contributed by atoms with Crippen LogP contribution < -0.4 is 16.0 Å². The summed E-state index contributed by atoms with van der Waals surface area (Å²) in [6.07, 6.45) is 1.03. The van der Waals surface area contributed by atoms with Gasteiger partial charge in [-0.2, -0.15) is 0 Å². The first-order valence-corrected chi connectivity index (χ1v) is 10.7. The molecule has 2 unspecified atom stereocenters. The molecular formula is C24H28N4O3. The lowest BCUT2D eigenvalue weighted by molar-refractivity contribution is -0.124. The maximum atomic E-state index is 13.4. The van der Waals surface area contributed by atoms with Crippen LogP contribution in [0.5, 0.6) is 0 Å². The quantitative estimate of drug-likeness (QED) is 0.708. The summed E-state index contributed by atoms with van der Waals surface area (Å²) in [5, 5.41) is 8.70. The van der Waals surface area contributed by atoms with Crippen LogP contribution in [0.2, 0.25) is 0 Å². The highest BCUT2D eigenvalue weighted by Gasteiger charge is 2.40. The number of carbonyl (C=O) groups is 3. The smallest absolute Gasteiger partial charge is 0.256 e. The summed E-state index contributed by atoms with van der Waals surface area (Å²) in [6.45, 7) is 4.79. The van der Waals surface area contributed by atoms with Gasteiger partial charge in [-0.3, -0.25) is 14.4 Å². The minimum atomic E-state index is -0.599. The molecule has 0 bridgehead atoms. The number of hydrogen-bond donors (Lipinski definition) is 3. The van der Waals surface area contributed by atoms with Crippen LogP contribution in [0.1, 0.15) is 34.3 Å². The summed E-state index contributed by atoms with van der Waals surface area (Å²) in [4.78, 5) is 39.9. The third-order valence-corrected chi connectivity index (χ3v) is 6.29. The van der Waals surface area contributed by atoms with E-state index in [2.05, 4.69) is 35.9 Å². The molecule has 2 aromatic carbocycles. The molecular weight excluding hydrogens is 392 g/mol. The van der Waals surface area contributed by atoms with Crippen LogP contribution in [0.3, 0.4) is 0 Å². The van der Waals surface area contributed by atoms with Gasteiger partial charge in [-0.1, -0.05) is 24.3 Å². The predicted molar refractivity (Wildman–Crippen MR) is 120 cm³/mol. The molecule has 2 aliphatic heterocycles. The third kappa shape index (κ3) is 4.05. The molecule has 31 heavy (non-hydrogen) atoms. The average molecular weight is 421 g/mol. The Hall–Kier alpha value is -3.19. The molecule has 2 atom stereocenters. The Labute approximate surface area is 182 Å². The Morgan fingerprint density at radius 1 is 1.16 bits per heavy atom. The van der Waals surface area contributed by atoms with E-state index >= 15 is 0 Å². The van der Waals surface area contributed by atoms with E-state index in [0.717, 1.165) is 11.1 Å². The molecule has 3 amide bonds. The van der Waals surface area contributed by atoms with Gasteiger partial charge in [0.2, 0.25) is 11.8 Å². The van der Waals surface area contributed by atoms with Crippen LogP contribution in [0, 0.1) is 13.8 Å².